The van der Waals surface area contributed by atoms with Gasteiger partial charge >= 0.3 is 0 Å². The molecule has 1 atom stereocenters. The van der Waals surface area contributed by atoms with Crippen molar-refractivity contribution in [2.24, 2.45) is 0 Å². The van der Waals surface area contributed by atoms with Crippen LogP contribution >= 0.6 is 0 Å². The van der Waals surface area contributed by atoms with Gasteiger partial charge in [-0.3, -0.25) is 9.69 Å². The fraction of sp³-hybridized carbons (Fsp3) is 0.846. The Kier molecular flexibility index (Phi) is 7.38. The monoisotopic (exact) mass is 252 g/mol. The van der Waals surface area contributed by atoms with Gasteiger partial charge in [-0.25, -0.2) is 0 Å². The summed E-state index contributed by atoms with van der Waals surface area (Å²) < 4.78 is 0. The summed E-state index contributed by atoms with van der Waals surface area (Å²) in [6, 6.07) is 2.55. The number of hydrogen-bond donors (Lipinski definition) is 2. The number of nitrogens with zero attached hydrogens (tertiary/aromatic N) is 2. The summed E-state index contributed by atoms with van der Waals surface area (Å²) in [7, 11) is 0. The molecule has 1 amide bonds. The molecule has 1 aliphatic heterocycles. The Morgan fingerprint density at radius 1 is 1.61 bits per heavy atom. The van der Waals surface area contributed by atoms with E-state index in [0.717, 1.165) is 26.1 Å². The second kappa shape index (κ2) is 8.90. The van der Waals surface area contributed by atoms with Crippen molar-refractivity contribution in [2.75, 3.05) is 32.7 Å². The molecule has 5 nitrogen and oxygen atoms in total. The van der Waals surface area contributed by atoms with Crippen LogP contribution in [-0.4, -0.2) is 49.6 Å². The summed E-state index contributed by atoms with van der Waals surface area (Å²) in [6.45, 7) is 6.01. The predicted molar refractivity (Wildman–Crippen MR) is 71.0 cm³/mol. The molecule has 102 valence electrons. The first kappa shape index (κ1) is 14.9. The van der Waals surface area contributed by atoms with Crippen molar-refractivity contribution in [1.82, 2.24) is 15.5 Å². The highest BCUT2D eigenvalue weighted by Crippen LogP contribution is 2.07. The van der Waals surface area contributed by atoms with Gasteiger partial charge in [0.25, 0.3) is 0 Å². The minimum absolute atomic E-state index is 0.0247. The van der Waals surface area contributed by atoms with Gasteiger partial charge in [0, 0.05) is 19.1 Å². The standard InChI is InChI=1S/C13H24N4O/c1-2-9-17(10-12-5-3-7-15-12)11-13(18)16-8-4-6-14/h12,15H,2-5,7-11H2,1H3,(H,16,18). The molecule has 2 N–H and O–H groups in total. The average molecular weight is 252 g/mol. The maximum Gasteiger partial charge on any atom is 0.234 e. The third kappa shape index (κ3) is 5.99. The van der Waals surface area contributed by atoms with Gasteiger partial charge in [0.2, 0.25) is 5.91 Å². The highest BCUT2D eigenvalue weighted by atomic mass is 16.2. The molecule has 0 aromatic carbocycles. The highest BCUT2D eigenvalue weighted by Gasteiger charge is 2.18. The lowest BCUT2D eigenvalue weighted by Crippen LogP contribution is -2.43. The topological polar surface area (TPSA) is 68.2 Å². The minimum Gasteiger partial charge on any atom is -0.354 e. The van der Waals surface area contributed by atoms with E-state index in [1.807, 2.05) is 6.07 Å². The molecule has 1 rings (SSSR count). The van der Waals surface area contributed by atoms with Crippen molar-refractivity contribution in [1.29, 1.82) is 5.26 Å². The van der Waals surface area contributed by atoms with Crippen LogP contribution in [0.4, 0.5) is 0 Å². The fourth-order valence-electron chi connectivity index (χ4n) is 2.29. The number of amides is 1. The zero-order chi connectivity index (χ0) is 13.2. The molecule has 1 heterocycles. The number of rotatable bonds is 8. The van der Waals surface area contributed by atoms with Gasteiger partial charge in [0.15, 0.2) is 0 Å². The molecule has 0 aromatic rings. The number of carbonyl (C=O) groups is 1. The van der Waals surface area contributed by atoms with Crippen LogP contribution in [0.5, 0.6) is 0 Å². The van der Waals surface area contributed by atoms with Crippen LogP contribution < -0.4 is 10.6 Å². The zero-order valence-electron chi connectivity index (χ0n) is 11.2. The first-order valence-electron chi connectivity index (χ1n) is 6.85. The van der Waals surface area contributed by atoms with E-state index in [1.54, 1.807) is 0 Å². The van der Waals surface area contributed by atoms with Crippen LogP contribution in [0.3, 0.4) is 0 Å². The molecule has 0 saturated carbocycles. The Balaban J connectivity index is 2.27. The van der Waals surface area contributed by atoms with Gasteiger partial charge in [-0.1, -0.05) is 6.92 Å². The summed E-state index contributed by atoms with van der Waals surface area (Å²) in [5.41, 5.74) is 0. The van der Waals surface area contributed by atoms with E-state index in [-0.39, 0.29) is 5.91 Å². The summed E-state index contributed by atoms with van der Waals surface area (Å²) >= 11 is 0. The van der Waals surface area contributed by atoms with Crippen molar-refractivity contribution in [3.05, 3.63) is 0 Å². The summed E-state index contributed by atoms with van der Waals surface area (Å²) in [5, 5.41) is 14.6. The van der Waals surface area contributed by atoms with Gasteiger partial charge in [-0.15, -0.1) is 0 Å². The molecule has 0 bridgehead atoms. The smallest absolute Gasteiger partial charge is 0.234 e. The predicted octanol–water partition coefficient (Wildman–Crippen LogP) is 0.480. The summed E-state index contributed by atoms with van der Waals surface area (Å²) in [4.78, 5) is 13.9. The van der Waals surface area contributed by atoms with Crippen LogP contribution in [0.25, 0.3) is 0 Å². The van der Waals surface area contributed by atoms with Gasteiger partial charge in [0.05, 0.1) is 19.0 Å². The second-order valence-electron chi connectivity index (χ2n) is 4.79. The van der Waals surface area contributed by atoms with Gasteiger partial charge in [-0.05, 0) is 32.4 Å². The van der Waals surface area contributed by atoms with E-state index in [2.05, 4.69) is 22.5 Å². The maximum absolute atomic E-state index is 11.7. The first-order chi connectivity index (χ1) is 8.76. The molecule has 1 aliphatic rings. The van der Waals surface area contributed by atoms with Crippen LogP contribution in [0.1, 0.15) is 32.6 Å². The Hall–Kier alpha value is -1.12. The second-order valence-corrected chi connectivity index (χ2v) is 4.79. The largest absolute Gasteiger partial charge is 0.354 e. The molecule has 5 heteroatoms. The van der Waals surface area contributed by atoms with E-state index in [0.29, 0.717) is 25.6 Å². The lowest BCUT2D eigenvalue weighted by Gasteiger charge is -2.24. The normalized spacial score (nSPS) is 18.8. The van der Waals surface area contributed by atoms with E-state index < -0.39 is 0 Å². The van der Waals surface area contributed by atoms with Crippen LogP contribution in [0.2, 0.25) is 0 Å². The Labute approximate surface area is 110 Å². The minimum atomic E-state index is 0.0247. The zero-order valence-corrected chi connectivity index (χ0v) is 11.2. The molecule has 0 aliphatic carbocycles. The molecule has 18 heavy (non-hydrogen) atoms. The fourth-order valence-corrected chi connectivity index (χ4v) is 2.29. The van der Waals surface area contributed by atoms with Crippen LogP contribution in [-0.2, 0) is 4.79 Å². The van der Waals surface area contributed by atoms with Gasteiger partial charge in [-0.2, -0.15) is 5.26 Å². The van der Waals surface area contributed by atoms with Crippen molar-refractivity contribution in [2.45, 2.75) is 38.6 Å². The van der Waals surface area contributed by atoms with Gasteiger partial charge < -0.3 is 10.6 Å². The summed E-state index contributed by atoms with van der Waals surface area (Å²) in [5.74, 6) is 0.0247. The SMILES string of the molecule is CCCN(CC(=O)NCCC#N)CC1CCCN1. The van der Waals surface area contributed by atoms with E-state index in [1.165, 1.54) is 12.8 Å². The van der Waals surface area contributed by atoms with Crippen molar-refractivity contribution >= 4 is 5.91 Å². The molecule has 1 fully saturated rings. The molecule has 1 unspecified atom stereocenters. The lowest BCUT2D eigenvalue weighted by molar-refractivity contribution is -0.122. The number of carbonyl (C=O) groups excluding carboxylic acids is 1. The van der Waals surface area contributed by atoms with E-state index in [9.17, 15) is 4.79 Å². The maximum atomic E-state index is 11.7. The molecule has 1 saturated heterocycles. The molecule has 0 radical (unpaired) electrons. The third-order valence-corrected chi connectivity index (χ3v) is 3.11. The highest BCUT2D eigenvalue weighted by molar-refractivity contribution is 5.78. The van der Waals surface area contributed by atoms with Crippen molar-refractivity contribution < 1.29 is 4.79 Å². The Morgan fingerprint density at radius 3 is 3.06 bits per heavy atom. The van der Waals surface area contributed by atoms with Crippen molar-refractivity contribution in [3.63, 3.8) is 0 Å². The first-order valence-corrected chi connectivity index (χ1v) is 6.85. The molecular weight excluding hydrogens is 228 g/mol. The van der Waals surface area contributed by atoms with Gasteiger partial charge in [0.1, 0.15) is 0 Å². The van der Waals surface area contributed by atoms with Crippen LogP contribution in [0.15, 0.2) is 0 Å². The number of nitrogens with one attached hydrogen (secondary N) is 2. The van der Waals surface area contributed by atoms with E-state index >= 15 is 0 Å². The Morgan fingerprint density at radius 2 is 2.44 bits per heavy atom. The Bertz CT molecular complexity index is 281. The number of hydrogen-bond acceptors (Lipinski definition) is 4. The van der Waals surface area contributed by atoms with E-state index in [4.69, 9.17) is 5.26 Å². The van der Waals surface area contributed by atoms with Crippen molar-refractivity contribution in [3.8, 4) is 6.07 Å². The molecule has 0 aromatic heterocycles. The number of nitriles is 1. The molecular formula is C13H24N4O. The lowest BCUT2D eigenvalue weighted by atomic mass is 10.2. The van der Waals surface area contributed by atoms with Crippen LogP contribution in [0, 0.1) is 11.3 Å². The summed E-state index contributed by atoms with van der Waals surface area (Å²) in [6.07, 6.45) is 3.87. The third-order valence-electron chi connectivity index (χ3n) is 3.11. The molecule has 0 spiro atoms. The quantitative estimate of drug-likeness (QED) is 0.617. The average Bonchev–Trinajstić information content (AvgIpc) is 2.82.